The standard InChI is InChI=1S/C13H19ClN2O2/c1-3-5-6-10(4-2)9-18-13(17)11-7-16-12(14)8-15-11/h7-8,10H,3-6,9H2,1-2H3. The van der Waals surface area contributed by atoms with Gasteiger partial charge in [-0.05, 0) is 12.3 Å². The van der Waals surface area contributed by atoms with E-state index in [1.807, 2.05) is 0 Å². The Morgan fingerprint density at radius 3 is 2.72 bits per heavy atom. The Labute approximate surface area is 113 Å². The number of hydrogen-bond acceptors (Lipinski definition) is 4. The molecule has 0 saturated heterocycles. The van der Waals surface area contributed by atoms with E-state index >= 15 is 0 Å². The van der Waals surface area contributed by atoms with Gasteiger partial charge in [-0.15, -0.1) is 0 Å². The second-order valence-corrected chi connectivity index (χ2v) is 4.63. The Hall–Kier alpha value is -1.16. The average Bonchev–Trinajstić information content (AvgIpc) is 2.39. The van der Waals surface area contributed by atoms with Gasteiger partial charge in [-0.25, -0.2) is 14.8 Å². The lowest BCUT2D eigenvalue weighted by Crippen LogP contribution is -2.15. The molecule has 1 rings (SSSR count). The van der Waals surface area contributed by atoms with Crippen LogP contribution in [0.3, 0.4) is 0 Å². The highest BCUT2D eigenvalue weighted by molar-refractivity contribution is 6.29. The lowest BCUT2D eigenvalue weighted by Gasteiger charge is -2.14. The predicted octanol–water partition coefficient (Wildman–Crippen LogP) is 3.50. The minimum Gasteiger partial charge on any atom is -0.461 e. The van der Waals surface area contributed by atoms with Crippen LogP contribution < -0.4 is 0 Å². The molecule has 0 bridgehead atoms. The largest absolute Gasteiger partial charge is 0.461 e. The van der Waals surface area contributed by atoms with Crippen LogP contribution >= 0.6 is 11.6 Å². The van der Waals surface area contributed by atoms with Gasteiger partial charge in [0.25, 0.3) is 0 Å². The van der Waals surface area contributed by atoms with E-state index in [9.17, 15) is 4.79 Å². The number of nitrogens with zero attached hydrogens (tertiary/aromatic N) is 2. The number of aromatic nitrogens is 2. The van der Waals surface area contributed by atoms with Gasteiger partial charge < -0.3 is 4.74 Å². The minimum atomic E-state index is -0.436. The van der Waals surface area contributed by atoms with E-state index in [1.54, 1.807) is 0 Å². The molecule has 100 valence electrons. The zero-order chi connectivity index (χ0) is 13.4. The highest BCUT2D eigenvalue weighted by Gasteiger charge is 2.13. The first-order valence-electron chi connectivity index (χ1n) is 6.32. The lowest BCUT2D eigenvalue weighted by molar-refractivity contribution is 0.0421. The molecule has 18 heavy (non-hydrogen) atoms. The summed E-state index contributed by atoms with van der Waals surface area (Å²) in [4.78, 5) is 19.4. The monoisotopic (exact) mass is 270 g/mol. The Morgan fingerprint density at radius 2 is 2.17 bits per heavy atom. The van der Waals surface area contributed by atoms with Gasteiger partial charge in [-0.1, -0.05) is 44.7 Å². The molecular weight excluding hydrogens is 252 g/mol. The molecular formula is C13H19ClN2O2. The molecule has 1 aromatic heterocycles. The summed E-state index contributed by atoms with van der Waals surface area (Å²) in [5, 5.41) is 0.265. The molecule has 0 saturated carbocycles. The van der Waals surface area contributed by atoms with E-state index in [2.05, 4.69) is 23.8 Å². The van der Waals surface area contributed by atoms with Crippen molar-refractivity contribution >= 4 is 17.6 Å². The van der Waals surface area contributed by atoms with Crippen molar-refractivity contribution in [2.24, 2.45) is 5.92 Å². The van der Waals surface area contributed by atoms with E-state index in [0.717, 1.165) is 25.7 Å². The van der Waals surface area contributed by atoms with Crippen LogP contribution in [0, 0.1) is 5.92 Å². The number of carbonyl (C=O) groups excluding carboxylic acids is 1. The summed E-state index contributed by atoms with van der Waals surface area (Å²) in [5.41, 5.74) is 0.199. The molecule has 0 fully saturated rings. The SMILES string of the molecule is CCCCC(CC)COC(=O)c1cnc(Cl)cn1. The van der Waals surface area contributed by atoms with E-state index < -0.39 is 5.97 Å². The summed E-state index contributed by atoms with van der Waals surface area (Å²) in [5.74, 6) is -0.0109. The van der Waals surface area contributed by atoms with Crippen LogP contribution in [0.25, 0.3) is 0 Å². The second kappa shape index (κ2) is 8.03. The Balaban J connectivity index is 2.42. The van der Waals surface area contributed by atoms with Crippen LogP contribution in [0.2, 0.25) is 5.15 Å². The maximum atomic E-state index is 11.7. The number of esters is 1. The second-order valence-electron chi connectivity index (χ2n) is 4.24. The molecule has 0 spiro atoms. The van der Waals surface area contributed by atoms with E-state index in [0.29, 0.717) is 12.5 Å². The summed E-state index contributed by atoms with van der Waals surface area (Å²) < 4.78 is 5.23. The molecule has 0 aliphatic carbocycles. The van der Waals surface area contributed by atoms with Crippen LogP contribution in [0.5, 0.6) is 0 Å². The van der Waals surface area contributed by atoms with Crippen LogP contribution in [0.15, 0.2) is 12.4 Å². The summed E-state index contributed by atoms with van der Waals surface area (Å²) in [6, 6.07) is 0. The van der Waals surface area contributed by atoms with Crippen molar-refractivity contribution in [2.75, 3.05) is 6.61 Å². The fraction of sp³-hybridized carbons (Fsp3) is 0.615. The highest BCUT2D eigenvalue weighted by atomic mass is 35.5. The molecule has 0 aliphatic heterocycles. The van der Waals surface area contributed by atoms with Gasteiger partial charge in [0, 0.05) is 0 Å². The first-order valence-corrected chi connectivity index (χ1v) is 6.69. The van der Waals surface area contributed by atoms with Crippen molar-refractivity contribution in [3.8, 4) is 0 Å². The molecule has 4 nitrogen and oxygen atoms in total. The smallest absolute Gasteiger partial charge is 0.358 e. The van der Waals surface area contributed by atoms with Gasteiger partial charge in [0.05, 0.1) is 19.0 Å². The van der Waals surface area contributed by atoms with Crippen molar-refractivity contribution < 1.29 is 9.53 Å². The highest BCUT2D eigenvalue weighted by Crippen LogP contribution is 2.13. The van der Waals surface area contributed by atoms with Gasteiger partial charge in [0.1, 0.15) is 5.15 Å². The molecule has 0 radical (unpaired) electrons. The van der Waals surface area contributed by atoms with Gasteiger partial charge >= 0.3 is 5.97 Å². The van der Waals surface area contributed by atoms with Crippen molar-refractivity contribution in [1.29, 1.82) is 0 Å². The summed E-state index contributed by atoms with van der Waals surface area (Å²) in [6.45, 7) is 4.71. The van der Waals surface area contributed by atoms with Crippen molar-refractivity contribution in [2.45, 2.75) is 39.5 Å². The van der Waals surface area contributed by atoms with Crippen LogP contribution in [0.1, 0.15) is 50.0 Å². The maximum Gasteiger partial charge on any atom is 0.358 e. The molecule has 0 aliphatic rings. The number of ether oxygens (including phenoxy) is 1. The van der Waals surface area contributed by atoms with E-state index in [1.165, 1.54) is 12.4 Å². The molecule has 1 heterocycles. The molecule has 1 atom stereocenters. The average molecular weight is 271 g/mol. The molecule has 0 N–H and O–H groups in total. The number of unbranched alkanes of at least 4 members (excludes halogenated alkanes) is 1. The Bertz CT molecular complexity index is 368. The normalized spacial score (nSPS) is 12.2. The van der Waals surface area contributed by atoms with Crippen LogP contribution in [-0.4, -0.2) is 22.5 Å². The molecule has 1 unspecified atom stereocenters. The topological polar surface area (TPSA) is 52.1 Å². The first kappa shape index (κ1) is 14.9. The van der Waals surface area contributed by atoms with Gasteiger partial charge in [-0.2, -0.15) is 0 Å². The minimum absolute atomic E-state index is 0.199. The third kappa shape index (κ3) is 5.00. The summed E-state index contributed by atoms with van der Waals surface area (Å²) in [7, 11) is 0. The third-order valence-corrected chi connectivity index (χ3v) is 3.02. The zero-order valence-electron chi connectivity index (χ0n) is 10.9. The van der Waals surface area contributed by atoms with Crippen molar-refractivity contribution in [1.82, 2.24) is 9.97 Å². The summed E-state index contributed by atoms with van der Waals surface area (Å²) >= 11 is 5.60. The Morgan fingerprint density at radius 1 is 1.39 bits per heavy atom. The van der Waals surface area contributed by atoms with E-state index in [4.69, 9.17) is 16.3 Å². The van der Waals surface area contributed by atoms with E-state index in [-0.39, 0.29) is 10.8 Å². The summed E-state index contributed by atoms with van der Waals surface area (Å²) in [6.07, 6.45) is 7.10. The fourth-order valence-corrected chi connectivity index (χ4v) is 1.68. The number of rotatable bonds is 7. The number of hydrogen-bond donors (Lipinski definition) is 0. The number of carbonyl (C=O) groups is 1. The third-order valence-electron chi connectivity index (χ3n) is 2.82. The molecule has 5 heteroatoms. The van der Waals surface area contributed by atoms with Gasteiger partial charge in [-0.3, -0.25) is 0 Å². The van der Waals surface area contributed by atoms with Crippen molar-refractivity contribution in [3.05, 3.63) is 23.2 Å². The van der Waals surface area contributed by atoms with Crippen LogP contribution in [0.4, 0.5) is 0 Å². The van der Waals surface area contributed by atoms with Crippen molar-refractivity contribution in [3.63, 3.8) is 0 Å². The first-order chi connectivity index (χ1) is 8.67. The molecule has 1 aromatic rings. The zero-order valence-corrected chi connectivity index (χ0v) is 11.6. The predicted molar refractivity (Wildman–Crippen MR) is 70.6 cm³/mol. The Kier molecular flexibility index (Phi) is 6.65. The maximum absolute atomic E-state index is 11.7. The quantitative estimate of drug-likeness (QED) is 0.712. The van der Waals surface area contributed by atoms with Gasteiger partial charge in [0.2, 0.25) is 0 Å². The van der Waals surface area contributed by atoms with Crippen LogP contribution in [-0.2, 0) is 4.74 Å². The molecule has 0 aromatic carbocycles. The molecule has 0 amide bonds. The van der Waals surface area contributed by atoms with Gasteiger partial charge in [0.15, 0.2) is 5.69 Å². The fourth-order valence-electron chi connectivity index (χ4n) is 1.58. The lowest BCUT2D eigenvalue weighted by atomic mass is 10.0. The number of halogens is 1.